The van der Waals surface area contributed by atoms with E-state index in [1.165, 1.54) is 32.5 Å². The van der Waals surface area contributed by atoms with Crippen LogP contribution in [0.2, 0.25) is 0 Å². The molecule has 1 aliphatic rings. The lowest BCUT2D eigenvalue weighted by molar-refractivity contribution is -0.186. The molecule has 3 rings (SSSR count). The van der Waals surface area contributed by atoms with E-state index in [1.807, 2.05) is 12.1 Å². The van der Waals surface area contributed by atoms with Crippen molar-refractivity contribution >= 4 is 29.7 Å². The Morgan fingerprint density at radius 2 is 1.65 bits per heavy atom. The Kier molecular flexibility index (Phi) is 7.45. The van der Waals surface area contributed by atoms with E-state index in [-0.39, 0.29) is 5.75 Å². The average molecular weight is 446 g/mol. The minimum absolute atomic E-state index is 0.280. The van der Waals surface area contributed by atoms with Crippen molar-refractivity contribution in [2.45, 2.75) is 44.5 Å². The molecule has 3 heterocycles. The van der Waals surface area contributed by atoms with Crippen molar-refractivity contribution in [1.29, 1.82) is 0 Å². The first-order valence-electron chi connectivity index (χ1n) is 9.51. The van der Waals surface area contributed by atoms with Crippen LogP contribution >= 0.6 is 11.8 Å². The molecule has 0 aliphatic carbocycles. The van der Waals surface area contributed by atoms with Gasteiger partial charge in [0.05, 0.1) is 5.69 Å². The maximum absolute atomic E-state index is 11.8. The van der Waals surface area contributed by atoms with Crippen LogP contribution in [0.1, 0.15) is 20.8 Å². The summed E-state index contributed by atoms with van der Waals surface area (Å²) in [6.45, 7) is 3.72. The van der Waals surface area contributed by atoms with Crippen LogP contribution in [0, 0.1) is 0 Å². The number of hydrogen-bond acceptors (Lipinski definition) is 10. The number of aromatic nitrogens is 2. The van der Waals surface area contributed by atoms with E-state index in [0.717, 1.165) is 5.56 Å². The van der Waals surface area contributed by atoms with E-state index in [0.29, 0.717) is 11.6 Å². The molecule has 31 heavy (non-hydrogen) atoms. The summed E-state index contributed by atoms with van der Waals surface area (Å²) in [6, 6.07) is 8.95. The van der Waals surface area contributed by atoms with Gasteiger partial charge in [0, 0.05) is 50.5 Å². The third-order valence-corrected chi connectivity index (χ3v) is 5.44. The predicted molar refractivity (Wildman–Crippen MR) is 111 cm³/mol. The van der Waals surface area contributed by atoms with Crippen molar-refractivity contribution in [3.63, 3.8) is 0 Å². The van der Waals surface area contributed by atoms with Gasteiger partial charge in [0.15, 0.2) is 23.7 Å². The molecule has 1 fully saturated rings. The van der Waals surface area contributed by atoms with E-state index >= 15 is 0 Å². The Balaban J connectivity index is 1.86. The molecule has 1 saturated heterocycles. The van der Waals surface area contributed by atoms with Crippen LogP contribution in [0.3, 0.4) is 0 Å². The fraction of sp³-hybridized carbons (Fsp3) is 0.381. The number of thioether (sulfide) groups is 1. The number of ether oxygens (including phenoxy) is 4. The van der Waals surface area contributed by atoms with Gasteiger partial charge in [-0.25, -0.2) is 4.98 Å². The molecule has 0 unspecified atom stereocenters. The maximum atomic E-state index is 11.8. The fourth-order valence-electron chi connectivity index (χ4n) is 3.08. The molecular formula is C21H22N2O7S. The maximum Gasteiger partial charge on any atom is 0.303 e. The minimum atomic E-state index is -1.02. The number of carbonyl (C=O) groups excluding carboxylic acids is 3. The van der Waals surface area contributed by atoms with Crippen LogP contribution in [0.15, 0.2) is 42.7 Å². The molecule has 2 aromatic rings. The van der Waals surface area contributed by atoms with Gasteiger partial charge in [0.2, 0.25) is 5.88 Å². The van der Waals surface area contributed by atoms with Crippen molar-refractivity contribution < 1.29 is 33.3 Å². The number of pyridine rings is 2. The smallest absolute Gasteiger partial charge is 0.303 e. The molecule has 1 aliphatic heterocycles. The van der Waals surface area contributed by atoms with Gasteiger partial charge in [0.25, 0.3) is 0 Å². The predicted octanol–water partition coefficient (Wildman–Crippen LogP) is 2.39. The summed E-state index contributed by atoms with van der Waals surface area (Å²) in [5.74, 6) is -1.14. The number of carbonyl (C=O) groups is 3. The second-order valence-electron chi connectivity index (χ2n) is 6.72. The summed E-state index contributed by atoms with van der Waals surface area (Å²) in [5.41, 5.74) is 0.731. The summed E-state index contributed by atoms with van der Waals surface area (Å²) in [4.78, 5) is 43.5. The van der Waals surface area contributed by atoms with Crippen molar-refractivity contribution in [2.24, 2.45) is 0 Å². The molecule has 10 heteroatoms. The monoisotopic (exact) mass is 446 g/mol. The molecule has 0 N–H and O–H groups in total. The third-order valence-electron chi connectivity index (χ3n) is 4.22. The normalized spacial score (nSPS) is 22.8. The Hall–Kier alpha value is -3.14. The highest BCUT2D eigenvalue weighted by Gasteiger charge is 2.47. The zero-order valence-electron chi connectivity index (χ0n) is 17.2. The Bertz CT molecular complexity index is 940. The van der Waals surface area contributed by atoms with E-state index in [2.05, 4.69) is 9.97 Å². The highest BCUT2D eigenvalue weighted by Crippen LogP contribution is 2.34. The van der Waals surface area contributed by atoms with E-state index < -0.39 is 41.7 Å². The molecule has 0 radical (unpaired) electrons. The number of esters is 3. The zero-order valence-corrected chi connectivity index (χ0v) is 18.0. The molecule has 2 aromatic heterocycles. The van der Waals surface area contributed by atoms with Gasteiger partial charge in [-0.15, -0.1) is 11.8 Å². The van der Waals surface area contributed by atoms with Gasteiger partial charge in [-0.05, 0) is 18.2 Å². The molecule has 0 aromatic carbocycles. The first-order valence-corrected chi connectivity index (χ1v) is 10.6. The van der Waals surface area contributed by atoms with Gasteiger partial charge < -0.3 is 18.9 Å². The highest BCUT2D eigenvalue weighted by molar-refractivity contribution is 7.99. The summed E-state index contributed by atoms with van der Waals surface area (Å²) in [6.07, 6.45) is 0.543. The molecule has 9 nitrogen and oxygen atoms in total. The summed E-state index contributed by atoms with van der Waals surface area (Å²) < 4.78 is 22.1. The molecule has 4 atom stereocenters. The van der Waals surface area contributed by atoms with Gasteiger partial charge in [-0.3, -0.25) is 19.4 Å². The SMILES string of the molecule is CC(=O)O[C@@H]1[C@@H](OC(C)=O)[C@@H](Oc2cccc(-c3cccnc3)n2)SC[C@H]1OC(C)=O. The Morgan fingerprint density at radius 1 is 0.935 bits per heavy atom. The quantitative estimate of drug-likeness (QED) is 0.484. The first-order chi connectivity index (χ1) is 14.8. The Labute approximate surface area is 183 Å². The lowest BCUT2D eigenvalue weighted by Gasteiger charge is -2.39. The van der Waals surface area contributed by atoms with Gasteiger partial charge >= 0.3 is 17.9 Å². The molecule has 0 saturated carbocycles. The summed E-state index contributed by atoms with van der Waals surface area (Å²) in [7, 11) is 0. The lowest BCUT2D eigenvalue weighted by atomic mass is 10.1. The van der Waals surface area contributed by atoms with Crippen LogP contribution in [0.25, 0.3) is 11.3 Å². The molecule has 0 bridgehead atoms. The van der Waals surface area contributed by atoms with E-state index in [1.54, 1.807) is 30.6 Å². The second-order valence-corrected chi connectivity index (χ2v) is 7.85. The first kappa shape index (κ1) is 22.5. The lowest BCUT2D eigenvalue weighted by Crippen LogP contribution is -2.55. The average Bonchev–Trinajstić information content (AvgIpc) is 2.72. The number of nitrogens with zero attached hydrogens (tertiary/aromatic N) is 2. The van der Waals surface area contributed by atoms with Gasteiger partial charge in [-0.2, -0.15) is 0 Å². The van der Waals surface area contributed by atoms with E-state index in [4.69, 9.17) is 18.9 Å². The summed E-state index contributed by atoms with van der Waals surface area (Å²) in [5, 5.41) is 0. The second kappa shape index (κ2) is 10.3. The molecule has 164 valence electrons. The largest absolute Gasteiger partial charge is 0.459 e. The molecular weight excluding hydrogens is 424 g/mol. The standard InChI is InChI=1S/C21H22N2O7S/c1-12(24)27-17-11-31-21(20(29-14(3)26)19(17)28-13(2)25)30-18-8-4-7-16(23-18)15-6-5-9-22-10-15/h4-10,17,19-21H,11H2,1-3H3/t17-,19+,20-,21+/m1/s1. The van der Waals surface area contributed by atoms with Crippen LogP contribution in [-0.4, -0.2) is 57.4 Å². The molecule has 0 spiro atoms. The van der Waals surface area contributed by atoms with Crippen LogP contribution < -0.4 is 4.74 Å². The van der Waals surface area contributed by atoms with Crippen LogP contribution in [0.5, 0.6) is 5.88 Å². The zero-order chi connectivity index (χ0) is 22.4. The van der Waals surface area contributed by atoms with Gasteiger partial charge in [-0.1, -0.05) is 6.07 Å². The van der Waals surface area contributed by atoms with E-state index in [9.17, 15) is 14.4 Å². The minimum Gasteiger partial charge on any atom is -0.459 e. The van der Waals surface area contributed by atoms with Crippen molar-refractivity contribution in [1.82, 2.24) is 9.97 Å². The number of rotatable bonds is 6. The third kappa shape index (κ3) is 6.17. The van der Waals surface area contributed by atoms with Crippen LogP contribution in [-0.2, 0) is 28.6 Å². The molecule has 0 amide bonds. The van der Waals surface area contributed by atoms with Crippen molar-refractivity contribution in [2.75, 3.05) is 5.75 Å². The van der Waals surface area contributed by atoms with Crippen LogP contribution in [0.4, 0.5) is 0 Å². The van der Waals surface area contributed by atoms with Crippen molar-refractivity contribution in [3.8, 4) is 17.1 Å². The fourth-order valence-corrected chi connectivity index (χ4v) is 4.29. The highest BCUT2D eigenvalue weighted by atomic mass is 32.2. The Morgan fingerprint density at radius 3 is 2.29 bits per heavy atom. The van der Waals surface area contributed by atoms with Crippen molar-refractivity contribution in [3.05, 3.63) is 42.7 Å². The topological polar surface area (TPSA) is 114 Å². The summed E-state index contributed by atoms with van der Waals surface area (Å²) >= 11 is 1.27. The van der Waals surface area contributed by atoms with Gasteiger partial charge in [0.1, 0.15) is 0 Å². The number of hydrogen-bond donors (Lipinski definition) is 0.